The monoisotopic (exact) mass is 306 g/mol. The van der Waals surface area contributed by atoms with Gasteiger partial charge in [-0.1, -0.05) is 0 Å². The van der Waals surface area contributed by atoms with E-state index in [1.54, 1.807) is 17.4 Å². The van der Waals surface area contributed by atoms with Crippen LogP contribution in [0.15, 0.2) is 30.3 Å². The number of nitrogens with two attached hydrogens (primary N) is 1. The molecule has 0 bridgehead atoms. The van der Waals surface area contributed by atoms with Gasteiger partial charge in [-0.3, -0.25) is 16.0 Å². The van der Waals surface area contributed by atoms with E-state index in [2.05, 4.69) is 29.8 Å². The Hall–Kier alpha value is -2.12. The first-order chi connectivity index (χ1) is 9.97. The predicted molar refractivity (Wildman–Crippen MR) is 86.8 cm³/mol. The van der Waals surface area contributed by atoms with Crippen LogP contribution in [0.4, 0.5) is 17.1 Å². The molecule has 0 aliphatic heterocycles. The summed E-state index contributed by atoms with van der Waals surface area (Å²) in [5.74, 6) is 5.35. The van der Waals surface area contributed by atoms with Gasteiger partial charge in [-0.05, 0) is 32.0 Å². The van der Waals surface area contributed by atoms with Crippen LogP contribution in [0.1, 0.15) is 16.7 Å². The number of aryl methyl sites for hydroxylation is 1. The molecule has 0 aliphatic rings. The molecule has 2 aromatic rings. The number of hydrogen-bond acceptors (Lipinski definition) is 6. The molecule has 21 heavy (non-hydrogen) atoms. The number of benzene rings is 1. The molecular formula is C14H18N4O2S. The highest BCUT2D eigenvalue weighted by Crippen LogP contribution is 2.25. The Kier molecular flexibility index (Phi) is 4.77. The number of hydrazine groups is 1. The summed E-state index contributed by atoms with van der Waals surface area (Å²) >= 11 is 1.76. The predicted octanol–water partition coefficient (Wildman–Crippen LogP) is 3.29. The zero-order chi connectivity index (χ0) is 15.4. The van der Waals surface area contributed by atoms with Gasteiger partial charge < -0.3 is 10.7 Å². The Morgan fingerprint density at radius 2 is 2.05 bits per heavy atom. The van der Waals surface area contributed by atoms with Crippen LogP contribution in [0.25, 0.3) is 0 Å². The smallest absolute Gasteiger partial charge is 0.273 e. The molecule has 0 saturated heterocycles. The zero-order valence-corrected chi connectivity index (χ0v) is 12.7. The normalized spacial score (nSPS) is 12.0. The average molecular weight is 306 g/mol. The standard InChI is InChI=1S/C14H18N4O2S/c1-9(5-14-4-3-10(2)21-14)16-11-6-12(17-15)8-13(7-11)18(19)20/h3-4,6-9,16-17H,5,15H2,1-2H3. The number of anilines is 2. The van der Waals surface area contributed by atoms with Crippen molar-refractivity contribution >= 4 is 28.4 Å². The topological polar surface area (TPSA) is 93.2 Å². The molecule has 0 radical (unpaired) electrons. The molecule has 0 saturated carbocycles. The van der Waals surface area contributed by atoms with Gasteiger partial charge in [-0.15, -0.1) is 11.3 Å². The first-order valence-electron chi connectivity index (χ1n) is 6.56. The minimum absolute atomic E-state index is 0.00659. The summed E-state index contributed by atoms with van der Waals surface area (Å²) in [5.41, 5.74) is 3.64. The van der Waals surface area contributed by atoms with E-state index in [-0.39, 0.29) is 11.7 Å². The van der Waals surface area contributed by atoms with E-state index in [1.165, 1.54) is 21.9 Å². The molecule has 0 aliphatic carbocycles. The third kappa shape index (κ3) is 4.17. The Morgan fingerprint density at radius 3 is 2.62 bits per heavy atom. The lowest BCUT2D eigenvalue weighted by atomic mass is 10.2. The van der Waals surface area contributed by atoms with E-state index >= 15 is 0 Å². The fraction of sp³-hybridized carbons (Fsp3) is 0.286. The van der Waals surface area contributed by atoms with Crippen molar-refractivity contribution in [1.29, 1.82) is 0 Å². The number of non-ortho nitro benzene ring substituents is 1. The van der Waals surface area contributed by atoms with E-state index in [0.717, 1.165) is 6.42 Å². The Bertz CT molecular complexity index is 642. The molecule has 2 rings (SSSR count). The molecular weight excluding hydrogens is 288 g/mol. The van der Waals surface area contributed by atoms with Crippen LogP contribution < -0.4 is 16.6 Å². The number of thiophene rings is 1. The Morgan fingerprint density at radius 1 is 1.33 bits per heavy atom. The molecule has 0 spiro atoms. The summed E-state index contributed by atoms with van der Waals surface area (Å²) in [6, 6.07) is 9.03. The van der Waals surface area contributed by atoms with Gasteiger partial charge in [0.2, 0.25) is 0 Å². The van der Waals surface area contributed by atoms with Crippen molar-refractivity contribution in [2.45, 2.75) is 26.3 Å². The van der Waals surface area contributed by atoms with Crippen molar-refractivity contribution in [3.05, 3.63) is 50.2 Å². The first-order valence-corrected chi connectivity index (χ1v) is 7.37. The molecule has 6 nitrogen and oxygen atoms in total. The van der Waals surface area contributed by atoms with Crippen LogP contribution in [0.5, 0.6) is 0 Å². The summed E-state index contributed by atoms with van der Waals surface area (Å²) in [7, 11) is 0. The highest BCUT2D eigenvalue weighted by Gasteiger charge is 2.12. The van der Waals surface area contributed by atoms with Crippen molar-refractivity contribution in [1.82, 2.24) is 0 Å². The summed E-state index contributed by atoms with van der Waals surface area (Å²) in [6.07, 6.45) is 0.868. The number of nitrogen functional groups attached to an aromatic ring is 1. The van der Waals surface area contributed by atoms with Crippen LogP contribution in [-0.2, 0) is 6.42 Å². The Labute approximate surface area is 127 Å². The molecule has 1 aromatic heterocycles. The second-order valence-electron chi connectivity index (χ2n) is 4.93. The number of nitrogens with one attached hydrogen (secondary N) is 2. The molecule has 1 unspecified atom stereocenters. The van der Waals surface area contributed by atoms with Gasteiger partial charge in [0.25, 0.3) is 5.69 Å². The molecule has 1 atom stereocenters. The lowest BCUT2D eigenvalue weighted by Gasteiger charge is -2.15. The van der Waals surface area contributed by atoms with Crippen LogP contribution in [0, 0.1) is 17.0 Å². The van der Waals surface area contributed by atoms with Crippen LogP contribution in [0.2, 0.25) is 0 Å². The number of nitrogens with zero attached hydrogens (tertiary/aromatic N) is 1. The third-order valence-corrected chi connectivity index (χ3v) is 4.03. The molecule has 1 aromatic carbocycles. The van der Waals surface area contributed by atoms with Gasteiger partial charge >= 0.3 is 0 Å². The summed E-state index contributed by atoms with van der Waals surface area (Å²) < 4.78 is 0. The minimum Gasteiger partial charge on any atom is -0.382 e. The molecule has 4 N–H and O–H groups in total. The fourth-order valence-corrected chi connectivity index (χ4v) is 3.13. The van der Waals surface area contributed by atoms with Crippen LogP contribution in [-0.4, -0.2) is 11.0 Å². The lowest BCUT2D eigenvalue weighted by Crippen LogP contribution is -2.18. The molecule has 0 fully saturated rings. The number of rotatable bonds is 6. The molecule has 112 valence electrons. The van der Waals surface area contributed by atoms with Gasteiger partial charge in [0.1, 0.15) is 0 Å². The van der Waals surface area contributed by atoms with E-state index in [9.17, 15) is 10.1 Å². The Balaban J connectivity index is 2.10. The van der Waals surface area contributed by atoms with Gasteiger partial charge in [-0.25, -0.2) is 0 Å². The van der Waals surface area contributed by atoms with E-state index < -0.39 is 4.92 Å². The number of nitro benzene ring substituents is 1. The zero-order valence-electron chi connectivity index (χ0n) is 11.9. The summed E-state index contributed by atoms with van der Waals surface area (Å²) in [5, 5.41) is 14.2. The number of nitro groups is 1. The van der Waals surface area contributed by atoms with Gasteiger partial charge in [0.05, 0.1) is 10.6 Å². The number of hydrogen-bond donors (Lipinski definition) is 3. The highest BCUT2D eigenvalue weighted by molar-refractivity contribution is 7.11. The molecule has 1 heterocycles. The van der Waals surface area contributed by atoms with Gasteiger partial charge in [0, 0.05) is 40.0 Å². The van der Waals surface area contributed by atoms with E-state index in [4.69, 9.17) is 5.84 Å². The van der Waals surface area contributed by atoms with Crippen molar-refractivity contribution in [3.8, 4) is 0 Å². The highest BCUT2D eigenvalue weighted by atomic mass is 32.1. The quantitative estimate of drug-likeness (QED) is 0.432. The van der Waals surface area contributed by atoms with Gasteiger partial charge in [0.15, 0.2) is 0 Å². The largest absolute Gasteiger partial charge is 0.382 e. The second kappa shape index (κ2) is 6.55. The first kappa shape index (κ1) is 15.3. The maximum Gasteiger partial charge on any atom is 0.273 e. The fourth-order valence-electron chi connectivity index (χ4n) is 2.12. The molecule has 7 heteroatoms. The SMILES string of the molecule is Cc1ccc(CC(C)Nc2cc(NN)cc([N+](=O)[O-])c2)s1. The van der Waals surface area contributed by atoms with Crippen molar-refractivity contribution in [2.24, 2.45) is 5.84 Å². The van der Waals surface area contributed by atoms with E-state index in [1.807, 2.05) is 6.92 Å². The van der Waals surface area contributed by atoms with Crippen LogP contribution >= 0.6 is 11.3 Å². The third-order valence-electron chi connectivity index (χ3n) is 3.01. The minimum atomic E-state index is -0.431. The average Bonchev–Trinajstić information content (AvgIpc) is 2.83. The van der Waals surface area contributed by atoms with Crippen LogP contribution in [0.3, 0.4) is 0 Å². The van der Waals surface area contributed by atoms with Crippen molar-refractivity contribution in [3.63, 3.8) is 0 Å². The lowest BCUT2D eigenvalue weighted by molar-refractivity contribution is -0.384. The van der Waals surface area contributed by atoms with E-state index in [0.29, 0.717) is 11.4 Å². The van der Waals surface area contributed by atoms with Gasteiger partial charge in [-0.2, -0.15) is 0 Å². The van der Waals surface area contributed by atoms with Crippen molar-refractivity contribution < 1.29 is 4.92 Å². The maximum absolute atomic E-state index is 10.9. The summed E-state index contributed by atoms with van der Waals surface area (Å²) in [6.45, 7) is 4.12. The second-order valence-corrected chi connectivity index (χ2v) is 6.30. The maximum atomic E-state index is 10.9. The molecule has 0 amide bonds. The summed E-state index contributed by atoms with van der Waals surface area (Å²) in [4.78, 5) is 13.0. The van der Waals surface area contributed by atoms with Crippen molar-refractivity contribution in [2.75, 3.05) is 10.7 Å².